The largest absolute Gasteiger partial charge is 0.463 e. The summed E-state index contributed by atoms with van der Waals surface area (Å²) in [5.41, 5.74) is 0.971. The van der Waals surface area contributed by atoms with Crippen LogP contribution < -0.4 is 4.74 Å². The van der Waals surface area contributed by atoms with Gasteiger partial charge in [0.1, 0.15) is 13.3 Å². The molecule has 1 aromatic heterocycles. The van der Waals surface area contributed by atoms with Crippen LogP contribution in [0.4, 0.5) is 0 Å². The molecule has 0 N–H and O–H groups in total. The number of rotatable bonds is 9. The van der Waals surface area contributed by atoms with Crippen LogP contribution in [0, 0.1) is 6.92 Å². The number of ether oxygens (including phenoxy) is 2. The van der Waals surface area contributed by atoms with Gasteiger partial charge < -0.3 is 14.4 Å². The molecule has 0 unspecified atom stereocenters. The monoisotopic (exact) mass is 354 g/mol. The first-order valence-corrected chi connectivity index (χ1v) is 12.7. The highest BCUT2D eigenvalue weighted by Gasteiger charge is 2.15. The van der Waals surface area contributed by atoms with Crippen molar-refractivity contribution < 1.29 is 9.47 Å². The molecule has 1 aromatic rings. The molecule has 1 fully saturated rings. The van der Waals surface area contributed by atoms with Crippen molar-refractivity contribution in [1.82, 2.24) is 19.4 Å². The van der Waals surface area contributed by atoms with E-state index in [9.17, 15) is 0 Å². The number of likely N-dealkylation sites (N-methyl/N-ethyl adjacent to an activating group) is 1. The molecule has 0 saturated carbocycles. The highest BCUT2D eigenvalue weighted by Crippen LogP contribution is 2.13. The first kappa shape index (κ1) is 19.4. The van der Waals surface area contributed by atoms with Crippen molar-refractivity contribution in [2.24, 2.45) is 0 Å². The van der Waals surface area contributed by atoms with E-state index in [4.69, 9.17) is 9.47 Å². The van der Waals surface area contributed by atoms with Gasteiger partial charge in [-0.15, -0.1) is 0 Å². The molecule has 1 aliphatic heterocycles. The molecule has 6 nitrogen and oxygen atoms in total. The van der Waals surface area contributed by atoms with Crippen LogP contribution in [0.2, 0.25) is 25.7 Å². The molecule has 0 spiro atoms. The van der Waals surface area contributed by atoms with Gasteiger partial charge in [0.2, 0.25) is 0 Å². The maximum Gasteiger partial charge on any atom is 0.298 e. The standard InChI is InChI=1S/C17H34N4O2Si/c1-16-14-21(15-22-12-13-24(3,4)5)17(18-16)23-11-10-20-8-6-19(2)7-9-20/h14H,6-13,15H2,1-5H3. The average molecular weight is 355 g/mol. The Balaban J connectivity index is 1.72. The SMILES string of the molecule is Cc1cn(COCC[Si](C)(C)C)c(OCCN2CCN(C)CC2)n1. The minimum absolute atomic E-state index is 0.523. The number of piperazine rings is 1. The van der Waals surface area contributed by atoms with Gasteiger partial charge in [-0.2, -0.15) is 0 Å². The third-order valence-electron chi connectivity index (χ3n) is 4.32. The summed E-state index contributed by atoms with van der Waals surface area (Å²) in [4.78, 5) is 9.29. The molecule has 138 valence electrons. The summed E-state index contributed by atoms with van der Waals surface area (Å²) < 4.78 is 13.7. The van der Waals surface area contributed by atoms with Crippen LogP contribution in [0.15, 0.2) is 6.20 Å². The summed E-state index contributed by atoms with van der Waals surface area (Å²) in [5.74, 6) is 0. The lowest BCUT2D eigenvalue weighted by atomic mass is 10.3. The van der Waals surface area contributed by atoms with E-state index in [1.807, 2.05) is 17.7 Å². The smallest absolute Gasteiger partial charge is 0.298 e. The van der Waals surface area contributed by atoms with Crippen LogP contribution in [0.5, 0.6) is 6.01 Å². The summed E-state index contributed by atoms with van der Waals surface area (Å²) in [7, 11) is 1.14. The zero-order chi connectivity index (χ0) is 17.6. The van der Waals surface area contributed by atoms with E-state index >= 15 is 0 Å². The predicted octanol–water partition coefficient (Wildman–Crippen LogP) is 2.13. The molecule has 1 aliphatic rings. The first-order chi connectivity index (χ1) is 11.3. The zero-order valence-electron chi connectivity index (χ0n) is 16.0. The molecular weight excluding hydrogens is 320 g/mol. The van der Waals surface area contributed by atoms with Gasteiger partial charge in [-0.1, -0.05) is 19.6 Å². The van der Waals surface area contributed by atoms with Crippen LogP contribution in [0.25, 0.3) is 0 Å². The summed E-state index contributed by atoms with van der Waals surface area (Å²) in [6, 6.07) is 1.86. The molecule has 24 heavy (non-hydrogen) atoms. The lowest BCUT2D eigenvalue weighted by Crippen LogP contribution is -2.45. The van der Waals surface area contributed by atoms with Crippen LogP contribution >= 0.6 is 0 Å². The number of imidazole rings is 1. The highest BCUT2D eigenvalue weighted by molar-refractivity contribution is 6.76. The minimum Gasteiger partial charge on any atom is -0.463 e. The number of hydrogen-bond acceptors (Lipinski definition) is 5. The molecule has 2 heterocycles. The minimum atomic E-state index is -1.04. The van der Waals surface area contributed by atoms with Gasteiger partial charge in [0.25, 0.3) is 6.01 Å². The molecule has 1 saturated heterocycles. The van der Waals surface area contributed by atoms with Gasteiger partial charge in [-0.05, 0) is 20.0 Å². The van der Waals surface area contributed by atoms with Crippen molar-refractivity contribution >= 4 is 8.07 Å². The van der Waals surface area contributed by atoms with Gasteiger partial charge in [-0.3, -0.25) is 9.47 Å². The second-order valence-corrected chi connectivity index (χ2v) is 13.6. The normalized spacial score (nSPS) is 17.4. The third kappa shape index (κ3) is 6.92. The van der Waals surface area contributed by atoms with Gasteiger partial charge >= 0.3 is 0 Å². The first-order valence-electron chi connectivity index (χ1n) is 8.99. The van der Waals surface area contributed by atoms with Crippen LogP contribution in [-0.2, 0) is 11.5 Å². The Labute approximate surface area is 147 Å². The summed E-state index contributed by atoms with van der Waals surface area (Å²) in [5, 5.41) is 0. The second kappa shape index (κ2) is 8.99. The van der Waals surface area contributed by atoms with Crippen LogP contribution in [0.3, 0.4) is 0 Å². The molecule has 0 bridgehead atoms. The third-order valence-corrected chi connectivity index (χ3v) is 6.03. The number of nitrogens with zero attached hydrogens (tertiary/aromatic N) is 4. The van der Waals surface area contributed by atoms with Gasteiger partial charge in [0.05, 0.1) is 5.69 Å². The topological polar surface area (TPSA) is 42.8 Å². The fraction of sp³-hybridized carbons (Fsp3) is 0.824. The number of aryl methyl sites for hydroxylation is 1. The molecule has 0 aromatic carbocycles. The van der Waals surface area contributed by atoms with E-state index in [2.05, 4.69) is 41.5 Å². The number of hydrogen-bond donors (Lipinski definition) is 0. The fourth-order valence-corrected chi connectivity index (χ4v) is 3.37. The van der Waals surface area contributed by atoms with Crippen LogP contribution in [0.1, 0.15) is 5.69 Å². The maximum absolute atomic E-state index is 5.91. The lowest BCUT2D eigenvalue weighted by molar-refractivity contribution is 0.0758. The van der Waals surface area contributed by atoms with Crippen molar-refractivity contribution in [3.63, 3.8) is 0 Å². The molecule has 0 amide bonds. The molecule has 0 atom stereocenters. The predicted molar refractivity (Wildman–Crippen MR) is 101 cm³/mol. The summed E-state index contributed by atoms with van der Waals surface area (Å²) >= 11 is 0. The van der Waals surface area contributed by atoms with E-state index in [0.29, 0.717) is 19.3 Å². The summed E-state index contributed by atoms with van der Waals surface area (Å²) in [6.45, 7) is 16.6. The Hall–Kier alpha value is -0.893. The molecule has 7 heteroatoms. The Kier molecular flexibility index (Phi) is 7.28. The second-order valence-electron chi connectivity index (χ2n) is 7.98. The Bertz CT molecular complexity index is 493. The Morgan fingerprint density at radius 3 is 2.50 bits per heavy atom. The molecule has 0 aliphatic carbocycles. The molecular formula is C17H34N4O2Si. The molecule has 2 rings (SSSR count). The van der Waals surface area contributed by atoms with Crippen molar-refractivity contribution in [2.45, 2.75) is 39.3 Å². The van der Waals surface area contributed by atoms with Crippen molar-refractivity contribution in [3.05, 3.63) is 11.9 Å². The van der Waals surface area contributed by atoms with Gasteiger partial charge in [0, 0.05) is 53.6 Å². The maximum atomic E-state index is 5.91. The Morgan fingerprint density at radius 2 is 1.83 bits per heavy atom. The summed E-state index contributed by atoms with van der Waals surface area (Å²) in [6.07, 6.45) is 2.00. The average Bonchev–Trinajstić information content (AvgIpc) is 2.85. The van der Waals surface area contributed by atoms with Crippen molar-refractivity contribution in [2.75, 3.05) is 53.0 Å². The zero-order valence-corrected chi connectivity index (χ0v) is 17.0. The fourth-order valence-electron chi connectivity index (χ4n) is 2.61. The van der Waals surface area contributed by atoms with E-state index < -0.39 is 8.07 Å². The molecule has 0 radical (unpaired) electrons. The van der Waals surface area contributed by atoms with Crippen molar-refractivity contribution in [1.29, 1.82) is 0 Å². The van der Waals surface area contributed by atoms with Gasteiger partial charge in [-0.25, -0.2) is 4.98 Å². The van der Waals surface area contributed by atoms with E-state index in [0.717, 1.165) is 45.0 Å². The van der Waals surface area contributed by atoms with E-state index in [1.165, 1.54) is 6.04 Å². The highest BCUT2D eigenvalue weighted by atomic mass is 28.3. The lowest BCUT2D eigenvalue weighted by Gasteiger charge is -2.32. The van der Waals surface area contributed by atoms with Crippen molar-refractivity contribution in [3.8, 4) is 6.01 Å². The number of aromatic nitrogens is 2. The quantitative estimate of drug-likeness (QED) is 0.502. The Morgan fingerprint density at radius 1 is 1.12 bits per heavy atom. The van der Waals surface area contributed by atoms with Crippen LogP contribution in [-0.4, -0.2) is 80.4 Å². The van der Waals surface area contributed by atoms with E-state index in [-0.39, 0.29) is 0 Å². The van der Waals surface area contributed by atoms with Gasteiger partial charge in [0.15, 0.2) is 0 Å². The van der Waals surface area contributed by atoms with E-state index in [1.54, 1.807) is 0 Å².